The maximum absolute atomic E-state index is 13.0. The highest BCUT2D eigenvalue weighted by Crippen LogP contribution is 2.35. The minimum Gasteiger partial charge on any atom is -0.476 e. The SMILES string of the molecule is CCOc1nc(C=Cc2nc3n(n2)CCC[C@@H]3c2ccc(C(F)(F)F)cc2)ccc1-n1cnc(C)c1. The van der Waals surface area contributed by atoms with E-state index in [0.29, 0.717) is 24.0 Å². The average molecular weight is 495 g/mol. The minimum atomic E-state index is -4.35. The van der Waals surface area contributed by atoms with Crippen molar-refractivity contribution in [2.45, 2.75) is 45.3 Å². The number of hydrogen-bond acceptors (Lipinski definition) is 5. The van der Waals surface area contributed by atoms with Crippen LogP contribution in [0.25, 0.3) is 17.8 Å². The number of halogens is 3. The Morgan fingerprint density at radius 2 is 1.89 bits per heavy atom. The molecule has 0 amide bonds. The highest BCUT2D eigenvalue weighted by molar-refractivity contribution is 5.65. The summed E-state index contributed by atoms with van der Waals surface area (Å²) in [4.78, 5) is 13.6. The first kappa shape index (κ1) is 23.8. The lowest BCUT2D eigenvalue weighted by molar-refractivity contribution is -0.137. The monoisotopic (exact) mass is 494 g/mol. The summed E-state index contributed by atoms with van der Waals surface area (Å²) in [6.07, 6.45) is 4.56. The number of imidazole rings is 1. The maximum atomic E-state index is 13.0. The van der Waals surface area contributed by atoms with Crippen molar-refractivity contribution in [1.29, 1.82) is 0 Å². The number of aromatic nitrogens is 6. The summed E-state index contributed by atoms with van der Waals surface area (Å²) >= 11 is 0. The fourth-order valence-electron chi connectivity index (χ4n) is 4.35. The standard InChI is InChI=1S/C26H25F3N6O/c1-3-36-25-22(34-15-17(2)30-16-34)12-10-20(31-25)11-13-23-32-24-21(5-4-14-35(24)33-23)18-6-8-19(9-7-18)26(27,28)29/h6-13,15-16,21H,3-5,14H2,1-2H3/t21-/m1/s1. The summed E-state index contributed by atoms with van der Waals surface area (Å²) in [7, 11) is 0. The fraction of sp³-hybridized carbons (Fsp3) is 0.308. The zero-order chi connectivity index (χ0) is 25.3. The van der Waals surface area contributed by atoms with Gasteiger partial charge in [-0.25, -0.2) is 19.6 Å². The number of rotatable bonds is 6. The van der Waals surface area contributed by atoms with Crippen LogP contribution in [0.4, 0.5) is 13.2 Å². The van der Waals surface area contributed by atoms with Crippen molar-refractivity contribution in [2.75, 3.05) is 6.61 Å². The Bertz CT molecular complexity index is 1390. The van der Waals surface area contributed by atoms with Crippen LogP contribution in [0.15, 0.2) is 48.9 Å². The van der Waals surface area contributed by atoms with E-state index in [0.717, 1.165) is 54.3 Å². The van der Waals surface area contributed by atoms with Crippen LogP contribution in [-0.4, -0.2) is 35.9 Å². The van der Waals surface area contributed by atoms with Gasteiger partial charge >= 0.3 is 6.18 Å². The van der Waals surface area contributed by atoms with Gasteiger partial charge in [0.15, 0.2) is 5.82 Å². The Labute approximate surface area is 206 Å². The molecule has 0 N–H and O–H groups in total. The molecular weight excluding hydrogens is 469 g/mol. The Morgan fingerprint density at radius 1 is 1.08 bits per heavy atom. The molecule has 0 spiro atoms. The van der Waals surface area contributed by atoms with Gasteiger partial charge in [-0.1, -0.05) is 12.1 Å². The van der Waals surface area contributed by atoms with Crippen molar-refractivity contribution < 1.29 is 17.9 Å². The van der Waals surface area contributed by atoms with Gasteiger partial charge in [-0.05, 0) is 68.7 Å². The third kappa shape index (κ3) is 4.89. The molecule has 1 aliphatic heterocycles. The van der Waals surface area contributed by atoms with Gasteiger partial charge in [0.25, 0.3) is 0 Å². The smallest absolute Gasteiger partial charge is 0.416 e. The molecule has 4 aromatic rings. The second-order valence-corrected chi connectivity index (χ2v) is 8.61. The zero-order valence-electron chi connectivity index (χ0n) is 19.9. The Hall–Kier alpha value is -3.95. The van der Waals surface area contributed by atoms with Gasteiger partial charge in [-0.15, -0.1) is 0 Å². The number of aryl methyl sites for hydroxylation is 2. The number of alkyl halides is 3. The van der Waals surface area contributed by atoms with E-state index in [1.54, 1.807) is 12.4 Å². The lowest BCUT2D eigenvalue weighted by Crippen LogP contribution is -2.18. The van der Waals surface area contributed by atoms with Crippen LogP contribution in [0.5, 0.6) is 5.88 Å². The topological polar surface area (TPSA) is 70.7 Å². The number of hydrogen-bond donors (Lipinski definition) is 0. The summed E-state index contributed by atoms with van der Waals surface area (Å²) < 4.78 is 48.3. The molecule has 36 heavy (non-hydrogen) atoms. The van der Waals surface area contributed by atoms with Gasteiger partial charge in [0, 0.05) is 18.7 Å². The summed E-state index contributed by atoms with van der Waals surface area (Å²) in [6.45, 7) is 5.02. The molecule has 7 nitrogen and oxygen atoms in total. The predicted molar refractivity (Wildman–Crippen MR) is 129 cm³/mol. The van der Waals surface area contributed by atoms with Gasteiger partial charge in [-0.2, -0.15) is 18.3 Å². The molecule has 10 heteroatoms. The number of nitrogens with zero attached hydrogens (tertiary/aromatic N) is 6. The third-order valence-corrected chi connectivity index (χ3v) is 6.07. The van der Waals surface area contributed by atoms with Crippen LogP contribution in [0, 0.1) is 6.92 Å². The first-order chi connectivity index (χ1) is 17.3. The zero-order valence-corrected chi connectivity index (χ0v) is 19.9. The molecule has 0 radical (unpaired) electrons. The Balaban J connectivity index is 1.39. The van der Waals surface area contributed by atoms with Gasteiger partial charge < -0.3 is 9.30 Å². The van der Waals surface area contributed by atoms with Crippen molar-refractivity contribution in [3.8, 4) is 11.6 Å². The van der Waals surface area contributed by atoms with Crippen LogP contribution in [-0.2, 0) is 12.7 Å². The Morgan fingerprint density at radius 3 is 2.58 bits per heavy atom. The van der Waals surface area contributed by atoms with Crippen molar-refractivity contribution >= 4 is 12.2 Å². The normalized spacial score (nSPS) is 15.9. The minimum absolute atomic E-state index is 0.101. The van der Waals surface area contributed by atoms with Crippen LogP contribution >= 0.6 is 0 Å². The second-order valence-electron chi connectivity index (χ2n) is 8.61. The first-order valence-electron chi connectivity index (χ1n) is 11.8. The van der Waals surface area contributed by atoms with Crippen molar-refractivity contribution in [3.63, 3.8) is 0 Å². The molecule has 186 valence electrons. The van der Waals surface area contributed by atoms with Crippen LogP contribution < -0.4 is 4.74 Å². The van der Waals surface area contributed by atoms with E-state index in [-0.39, 0.29) is 5.92 Å². The summed E-state index contributed by atoms with van der Waals surface area (Å²) in [5, 5.41) is 4.59. The molecule has 0 unspecified atom stereocenters. The molecule has 5 rings (SSSR count). The van der Waals surface area contributed by atoms with E-state index >= 15 is 0 Å². The molecule has 1 atom stereocenters. The van der Waals surface area contributed by atoms with Gasteiger partial charge in [-0.3, -0.25) is 0 Å². The fourth-order valence-corrected chi connectivity index (χ4v) is 4.35. The Kier molecular flexibility index (Phi) is 6.34. The second kappa shape index (κ2) is 9.60. The first-order valence-corrected chi connectivity index (χ1v) is 11.8. The van der Waals surface area contributed by atoms with Crippen molar-refractivity contribution in [2.24, 2.45) is 0 Å². The largest absolute Gasteiger partial charge is 0.476 e. The van der Waals surface area contributed by atoms with Crippen LogP contribution in [0.1, 0.15) is 59.8 Å². The summed E-state index contributed by atoms with van der Waals surface area (Å²) in [5.41, 5.74) is 2.53. The molecule has 0 aliphatic carbocycles. The van der Waals surface area contributed by atoms with E-state index in [9.17, 15) is 13.2 Å². The molecule has 0 saturated carbocycles. The third-order valence-electron chi connectivity index (χ3n) is 6.07. The van der Waals surface area contributed by atoms with Crippen LogP contribution in [0.3, 0.4) is 0 Å². The molecular formula is C26H25F3N6O. The molecule has 0 bridgehead atoms. The summed E-state index contributed by atoms with van der Waals surface area (Å²) in [5.74, 6) is 1.68. The highest BCUT2D eigenvalue weighted by Gasteiger charge is 2.31. The van der Waals surface area contributed by atoms with Crippen LogP contribution in [0.2, 0.25) is 0 Å². The average Bonchev–Trinajstić information content (AvgIpc) is 3.48. The number of fused-ring (bicyclic) bond motifs is 1. The number of ether oxygens (including phenoxy) is 1. The van der Waals surface area contributed by atoms with Gasteiger partial charge in [0.1, 0.15) is 11.5 Å². The van der Waals surface area contributed by atoms with E-state index in [1.807, 2.05) is 47.5 Å². The van der Waals surface area contributed by atoms with Gasteiger partial charge in [0.2, 0.25) is 5.88 Å². The number of pyridine rings is 1. The highest BCUT2D eigenvalue weighted by atomic mass is 19.4. The molecule has 3 aromatic heterocycles. The van der Waals surface area contributed by atoms with E-state index in [1.165, 1.54) is 12.1 Å². The lowest BCUT2D eigenvalue weighted by atomic mass is 9.90. The molecule has 1 aromatic carbocycles. The number of benzene rings is 1. The summed E-state index contributed by atoms with van der Waals surface area (Å²) in [6, 6.07) is 9.13. The van der Waals surface area contributed by atoms with Crippen molar-refractivity contribution in [1.82, 2.24) is 29.3 Å². The predicted octanol–water partition coefficient (Wildman–Crippen LogP) is 5.68. The van der Waals surface area contributed by atoms with E-state index in [4.69, 9.17) is 9.72 Å². The van der Waals surface area contributed by atoms with Crippen molar-refractivity contribution in [3.05, 3.63) is 83.1 Å². The quantitative estimate of drug-likeness (QED) is 0.345. The molecule has 0 fully saturated rings. The molecule has 4 heterocycles. The van der Waals surface area contributed by atoms with E-state index in [2.05, 4.69) is 15.1 Å². The maximum Gasteiger partial charge on any atom is 0.416 e. The van der Waals surface area contributed by atoms with E-state index < -0.39 is 11.7 Å². The molecule has 0 saturated heterocycles. The molecule has 1 aliphatic rings. The van der Waals surface area contributed by atoms with Gasteiger partial charge in [0.05, 0.1) is 29.9 Å². The lowest BCUT2D eigenvalue weighted by Gasteiger charge is -2.22.